The number of rotatable bonds is 5. The highest BCUT2D eigenvalue weighted by atomic mass is 16.5. The fraction of sp³-hybridized carbons (Fsp3) is 0.160. The standard InChI is InChI=1S/C25H19NO5/c27-21(17-5-8-20-16(11-17)7-10-23(28)26-20)14-31-24(29)12-18-13-30-22-9-6-15-3-1-2-4-19(15)25(18)22/h1-6,8-9,11,13H,7,10,12,14H2,(H,26,28). The molecule has 31 heavy (non-hydrogen) atoms. The normalized spacial score (nSPS) is 13.1. The molecule has 2 heterocycles. The van der Waals surface area contributed by atoms with Crippen molar-refractivity contribution < 1.29 is 23.5 Å². The second-order valence-corrected chi connectivity index (χ2v) is 7.60. The third-order valence-corrected chi connectivity index (χ3v) is 5.56. The van der Waals surface area contributed by atoms with Crippen LogP contribution in [-0.4, -0.2) is 24.3 Å². The number of furan rings is 1. The second-order valence-electron chi connectivity index (χ2n) is 7.60. The maximum Gasteiger partial charge on any atom is 0.310 e. The van der Waals surface area contributed by atoms with Gasteiger partial charge in [-0.2, -0.15) is 0 Å². The second kappa shape index (κ2) is 7.72. The molecule has 1 aliphatic rings. The van der Waals surface area contributed by atoms with Crippen molar-refractivity contribution in [3.63, 3.8) is 0 Å². The Kier molecular flexibility index (Phi) is 4.75. The van der Waals surface area contributed by atoms with Crippen LogP contribution in [0.4, 0.5) is 5.69 Å². The highest BCUT2D eigenvalue weighted by Crippen LogP contribution is 2.30. The zero-order chi connectivity index (χ0) is 21.4. The van der Waals surface area contributed by atoms with Crippen LogP contribution in [0.2, 0.25) is 0 Å². The first-order valence-electron chi connectivity index (χ1n) is 10.1. The molecule has 6 heteroatoms. The Balaban J connectivity index is 1.28. The molecule has 3 aromatic carbocycles. The lowest BCUT2D eigenvalue weighted by molar-refractivity contribution is -0.141. The molecule has 6 nitrogen and oxygen atoms in total. The van der Waals surface area contributed by atoms with Crippen LogP contribution in [0.3, 0.4) is 0 Å². The van der Waals surface area contributed by atoms with Gasteiger partial charge in [0.2, 0.25) is 5.91 Å². The molecule has 1 aliphatic heterocycles. The lowest BCUT2D eigenvalue weighted by atomic mass is 9.99. The van der Waals surface area contributed by atoms with Gasteiger partial charge in [0.25, 0.3) is 0 Å². The number of hydrogen-bond donors (Lipinski definition) is 1. The summed E-state index contributed by atoms with van der Waals surface area (Å²) in [6, 6.07) is 16.9. The number of amides is 1. The van der Waals surface area contributed by atoms with Gasteiger partial charge in [-0.15, -0.1) is 0 Å². The van der Waals surface area contributed by atoms with Gasteiger partial charge >= 0.3 is 5.97 Å². The van der Waals surface area contributed by atoms with E-state index in [0.717, 1.165) is 33.0 Å². The maximum absolute atomic E-state index is 12.5. The number of hydrogen-bond acceptors (Lipinski definition) is 5. The number of esters is 1. The van der Waals surface area contributed by atoms with Crippen molar-refractivity contribution in [1.82, 2.24) is 0 Å². The topological polar surface area (TPSA) is 85.6 Å². The Morgan fingerprint density at radius 1 is 1.03 bits per heavy atom. The van der Waals surface area contributed by atoms with Crippen molar-refractivity contribution in [2.24, 2.45) is 0 Å². The molecule has 1 N–H and O–H groups in total. The van der Waals surface area contributed by atoms with Crippen molar-refractivity contribution in [1.29, 1.82) is 0 Å². The molecule has 1 amide bonds. The SMILES string of the molecule is O=C1CCc2cc(C(=O)COC(=O)Cc3coc4ccc5ccccc5c34)ccc2N1. The summed E-state index contributed by atoms with van der Waals surface area (Å²) >= 11 is 0. The van der Waals surface area contributed by atoms with Gasteiger partial charge in [-0.05, 0) is 47.0 Å². The van der Waals surface area contributed by atoms with E-state index in [1.54, 1.807) is 24.5 Å². The summed E-state index contributed by atoms with van der Waals surface area (Å²) in [7, 11) is 0. The van der Waals surface area contributed by atoms with E-state index in [-0.39, 0.29) is 24.7 Å². The number of anilines is 1. The van der Waals surface area contributed by atoms with E-state index in [0.29, 0.717) is 24.0 Å². The van der Waals surface area contributed by atoms with Crippen molar-refractivity contribution >= 4 is 45.1 Å². The minimum Gasteiger partial charge on any atom is -0.464 e. The zero-order valence-corrected chi connectivity index (χ0v) is 16.6. The molecular formula is C25H19NO5. The quantitative estimate of drug-likeness (QED) is 0.386. The van der Waals surface area contributed by atoms with Crippen LogP contribution in [0.5, 0.6) is 0 Å². The van der Waals surface area contributed by atoms with Crippen molar-refractivity contribution in [3.8, 4) is 0 Å². The first-order chi connectivity index (χ1) is 15.1. The minimum absolute atomic E-state index is 0.0184. The van der Waals surface area contributed by atoms with Gasteiger partial charge < -0.3 is 14.5 Å². The van der Waals surface area contributed by atoms with Crippen LogP contribution in [0, 0.1) is 0 Å². The third-order valence-electron chi connectivity index (χ3n) is 5.56. The smallest absolute Gasteiger partial charge is 0.310 e. The molecule has 1 aromatic heterocycles. The Hall–Kier alpha value is -3.93. The largest absolute Gasteiger partial charge is 0.464 e. The molecule has 0 unspecified atom stereocenters. The van der Waals surface area contributed by atoms with E-state index in [1.165, 1.54) is 0 Å². The van der Waals surface area contributed by atoms with Crippen LogP contribution in [-0.2, 0) is 27.2 Å². The van der Waals surface area contributed by atoms with Gasteiger partial charge in [-0.25, -0.2) is 0 Å². The number of carbonyl (C=O) groups excluding carboxylic acids is 3. The van der Waals surface area contributed by atoms with E-state index in [2.05, 4.69) is 5.32 Å². The minimum atomic E-state index is -0.491. The van der Waals surface area contributed by atoms with Crippen LogP contribution < -0.4 is 5.32 Å². The number of ketones is 1. The summed E-state index contributed by atoms with van der Waals surface area (Å²) < 4.78 is 10.9. The molecule has 4 aromatic rings. The molecular weight excluding hydrogens is 394 g/mol. The number of nitrogens with one attached hydrogen (secondary N) is 1. The van der Waals surface area contributed by atoms with Gasteiger partial charge in [0.15, 0.2) is 12.4 Å². The number of carbonyl (C=O) groups is 3. The third kappa shape index (κ3) is 3.68. The molecule has 0 saturated carbocycles. The van der Waals surface area contributed by atoms with E-state index in [9.17, 15) is 14.4 Å². The van der Waals surface area contributed by atoms with Crippen molar-refractivity contribution in [2.75, 3.05) is 11.9 Å². The van der Waals surface area contributed by atoms with E-state index < -0.39 is 5.97 Å². The van der Waals surface area contributed by atoms with Crippen molar-refractivity contribution in [2.45, 2.75) is 19.3 Å². The number of ether oxygens (including phenoxy) is 1. The van der Waals surface area contributed by atoms with Gasteiger partial charge in [0, 0.05) is 28.6 Å². The summed E-state index contributed by atoms with van der Waals surface area (Å²) in [5.74, 6) is -0.801. The van der Waals surface area contributed by atoms with E-state index in [1.807, 2.05) is 36.4 Å². The molecule has 0 spiro atoms. The Bertz CT molecular complexity index is 1350. The fourth-order valence-electron chi connectivity index (χ4n) is 4.00. The first kappa shape index (κ1) is 19.1. The van der Waals surface area contributed by atoms with Crippen LogP contribution in [0.1, 0.15) is 27.9 Å². The molecule has 0 radical (unpaired) electrons. The number of benzene rings is 3. The van der Waals surface area contributed by atoms with Gasteiger partial charge in [-0.3, -0.25) is 14.4 Å². The Morgan fingerprint density at radius 3 is 2.81 bits per heavy atom. The summed E-state index contributed by atoms with van der Waals surface area (Å²) in [5.41, 5.74) is 3.53. The lowest BCUT2D eigenvalue weighted by Gasteiger charge is -2.17. The van der Waals surface area contributed by atoms with Gasteiger partial charge in [-0.1, -0.05) is 30.3 Å². The first-order valence-corrected chi connectivity index (χ1v) is 10.1. The summed E-state index contributed by atoms with van der Waals surface area (Å²) in [6.07, 6.45) is 2.57. The van der Waals surface area contributed by atoms with Gasteiger partial charge in [0.1, 0.15) is 5.58 Å². The summed E-state index contributed by atoms with van der Waals surface area (Å²) in [5, 5.41) is 5.74. The number of aryl methyl sites for hydroxylation is 1. The lowest BCUT2D eigenvalue weighted by Crippen LogP contribution is -2.20. The van der Waals surface area contributed by atoms with Crippen LogP contribution >= 0.6 is 0 Å². The predicted molar refractivity (Wildman–Crippen MR) is 116 cm³/mol. The zero-order valence-electron chi connectivity index (χ0n) is 16.6. The highest BCUT2D eigenvalue weighted by molar-refractivity contribution is 6.08. The van der Waals surface area contributed by atoms with Crippen molar-refractivity contribution in [3.05, 3.63) is 77.6 Å². The molecule has 0 atom stereocenters. The van der Waals surface area contributed by atoms with E-state index >= 15 is 0 Å². The molecule has 0 bridgehead atoms. The molecule has 0 fully saturated rings. The fourth-order valence-corrected chi connectivity index (χ4v) is 4.00. The van der Waals surface area contributed by atoms with Crippen LogP contribution in [0.25, 0.3) is 21.7 Å². The average molecular weight is 413 g/mol. The maximum atomic E-state index is 12.5. The highest BCUT2D eigenvalue weighted by Gasteiger charge is 2.18. The summed E-state index contributed by atoms with van der Waals surface area (Å²) in [4.78, 5) is 36.4. The van der Waals surface area contributed by atoms with Crippen LogP contribution in [0.15, 0.2) is 65.3 Å². The molecule has 154 valence electrons. The molecule has 0 saturated heterocycles. The van der Waals surface area contributed by atoms with Gasteiger partial charge in [0.05, 0.1) is 12.7 Å². The Morgan fingerprint density at radius 2 is 1.90 bits per heavy atom. The number of Topliss-reactive ketones (excluding diaryl/α,β-unsaturated/α-hetero) is 1. The molecule has 0 aliphatic carbocycles. The Labute approximate surface area is 177 Å². The van der Waals surface area contributed by atoms with E-state index in [4.69, 9.17) is 9.15 Å². The monoisotopic (exact) mass is 413 g/mol. The molecule has 5 rings (SSSR count). The number of fused-ring (bicyclic) bond motifs is 4. The summed E-state index contributed by atoms with van der Waals surface area (Å²) in [6.45, 7) is -0.333. The average Bonchev–Trinajstić information content (AvgIpc) is 3.20. The predicted octanol–water partition coefficient (Wildman–Crippen LogP) is 4.44.